The average Bonchev–Trinajstić information content (AvgIpc) is 3.26. The van der Waals surface area contributed by atoms with Crippen LogP contribution in [0.1, 0.15) is 41.4 Å². The van der Waals surface area contributed by atoms with Gasteiger partial charge in [0.05, 0.1) is 6.04 Å². The average molecular weight is 405 g/mol. The maximum Gasteiger partial charge on any atom is 0.253 e. The molecule has 3 aromatic rings. The number of aromatic nitrogens is 4. The number of carbonyl (C=O) groups is 1. The van der Waals surface area contributed by atoms with E-state index in [9.17, 15) is 4.79 Å². The number of rotatable bonds is 5. The molecule has 0 spiro atoms. The number of carbonyl (C=O) groups excluding carboxylic acids is 1. The first-order valence-corrected chi connectivity index (χ1v) is 10.5. The lowest BCUT2D eigenvalue weighted by molar-refractivity contribution is 0.0628. The summed E-state index contributed by atoms with van der Waals surface area (Å²) in [5, 5.41) is 12.0. The lowest BCUT2D eigenvalue weighted by Gasteiger charge is -2.34. The van der Waals surface area contributed by atoms with Crippen molar-refractivity contribution < 1.29 is 4.79 Å². The SMILES string of the molecule is Cc1ccc(CN2CCN(C(=O)c3cccc(-c4nnnn4C(C)C)c3)CC2)cc1. The van der Waals surface area contributed by atoms with E-state index < -0.39 is 0 Å². The van der Waals surface area contributed by atoms with Crippen LogP contribution in [-0.2, 0) is 6.54 Å². The smallest absolute Gasteiger partial charge is 0.253 e. The van der Waals surface area contributed by atoms with Crippen LogP contribution in [0.5, 0.6) is 0 Å². The zero-order valence-electron chi connectivity index (χ0n) is 17.8. The van der Waals surface area contributed by atoms with Crippen molar-refractivity contribution in [1.29, 1.82) is 0 Å². The van der Waals surface area contributed by atoms with Gasteiger partial charge in [-0.3, -0.25) is 9.69 Å². The van der Waals surface area contributed by atoms with E-state index in [0.29, 0.717) is 11.4 Å². The molecule has 0 bridgehead atoms. The van der Waals surface area contributed by atoms with Crippen LogP contribution in [0.15, 0.2) is 48.5 Å². The Kier molecular flexibility index (Phi) is 5.90. The van der Waals surface area contributed by atoms with E-state index in [4.69, 9.17) is 0 Å². The summed E-state index contributed by atoms with van der Waals surface area (Å²) in [6.07, 6.45) is 0. The van der Waals surface area contributed by atoms with Gasteiger partial charge in [-0.2, -0.15) is 0 Å². The summed E-state index contributed by atoms with van der Waals surface area (Å²) in [6.45, 7) is 10.3. The van der Waals surface area contributed by atoms with Crippen LogP contribution in [0, 0.1) is 6.92 Å². The van der Waals surface area contributed by atoms with Gasteiger partial charge >= 0.3 is 0 Å². The number of hydrogen-bond donors (Lipinski definition) is 0. The Morgan fingerprint density at radius 3 is 2.47 bits per heavy atom. The number of aryl methyl sites for hydroxylation is 1. The molecule has 0 saturated carbocycles. The molecule has 2 heterocycles. The highest BCUT2D eigenvalue weighted by atomic mass is 16.2. The molecule has 2 aromatic carbocycles. The fourth-order valence-corrected chi connectivity index (χ4v) is 3.77. The van der Waals surface area contributed by atoms with Crippen LogP contribution in [0.3, 0.4) is 0 Å². The van der Waals surface area contributed by atoms with Gasteiger partial charge in [-0.25, -0.2) is 4.68 Å². The Bertz CT molecular complexity index is 1000. The van der Waals surface area contributed by atoms with Gasteiger partial charge in [-0.1, -0.05) is 42.0 Å². The van der Waals surface area contributed by atoms with Crippen molar-refractivity contribution in [2.45, 2.75) is 33.4 Å². The van der Waals surface area contributed by atoms with E-state index in [1.807, 2.05) is 43.0 Å². The molecule has 7 nitrogen and oxygen atoms in total. The fourth-order valence-electron chi connectivity index (χ4n) is 3.77. The molecule has 1 aliphatic rings. The predicted molar refractivity (Wildman–Crippen MR) is 116 cm³/mol. The standard InChI is InChI=1S/C23H28N6O/c1-17(2)29-22(24-25-26-29)20-5-4-6-21(15-20)23(30)28-13-11-27(12-14-28)16-19-9-7-18(3)8-10-19/h4-10,15,17H,11-14,16H2,1-3H3. The highest BCUT2D eigenvalue weighted by Crippen LogP contribution is 2.21. The maximum atomic E-state index is 13.1. The fraction of sp³-hybridized carbons (Fsp3) is 0.391. The molecule has 0 radical (unpaired) electrons. The molecule has 1 aromatic heterocycles. The lowest BCUT2D eigenvalue weighted by atomic mass is 10.1. The van der Waals surface area contributed by atoms with E-state index in [1.165, 1.54) is 11.1 Å². The van der Waals surface area contributed by atoms with Crippen LogP contribution >= 0.6 is 0 Å². The molecule has 156 valence electrons. The highest BCUT2D eigenvalue weighted by molar-refractivity contribution is 5.95. The second-order valence-corrected chi connectivity index (χ2v) is 8.18. The largest absolute Gasteiger partial charge is 0.336 e. The lowest BCUT2D eigenvalue weighted by Crippen LogP contribution is -2.48. The van der Waals surface area contributed by atoms with E-state index >= 15 is 0 Å². The molecule has 0 atom stereocenters. The summed E-state index contributed by atoms with van der Waals surface area (Å²) in [6, 6.07) is 16.4. The molecule has 1 saturated heterocycles. The van der Waals surface area contributed by atoms with E-state index in [-0.39, 0.29) is 11.9 Å². The van der Waals surface area contributed by atoms with E-state index in [1.54, 1.807) is 4.68 Å². The minimum absolute atomic E-state index is 0.0652. The van der Waals surface area contributed by atoms with Gasteiger partial charge in [0.2, 0.25) is 0 Å². The number of hydrogen-bond acceptors (Lipinski definition) is 5. The first kappa shape index (κ1) is 20.2. The van der Waals surface area contributed by atoms with Crippen molar-refractivity contribution in [3.63, 3.8) is 0 Å². The van der Waals surface area contributed by atoms with Gasteiger partial charge in [-0.05, 0) is 48.9 Å². The summed E-state index contributed by atoms with van der Waals surface area (Å²) in [4.78, 5) is 17.4. The summed E-state index contributed by atoms with van der Waals surface area (Å²) in [5.74, 6) is 0.748. The third-order valence-corrected chi connectivity index (χ3v) is 5.54. The number of nitrogens with zero attached hydrogens (tertiary/aromatic N) is 6. The third kappa shape index (κ3) is 4.41. The molecule has 30 heavy (non-hydrogen) atoms. The van der Waals surface area contributed by atoms with Gasteiger partial charge < -0.3 is 4.90 Å². The van der Waals surface area contributed by atoms with Gasteiger partial charge in [0.15, 0.2) is 5.82 Å². The molecule has 1 aliphatic heterocycles. The molecule has 4 rings (SSSR count). The van der Waals surface area contributed by atoms with Crippen LogP contribution in [0.2, 0.25) is 0 Å². The molecule has 1 fully saturated rings. The molecular formula is C23H28N6O. The third-order valence-electron chi connectivity index (χ3n) is 5.54. The molecular weight excluding hydrogens is 376 g/mol. The molecule has 1 amide bonds. The quantitative estimate of drug-likeness (QED) is 0.653. The first-order chi connectivity index (χ1) is 14.5. The van der Waals surface area contributed by atoms with Crippen molar-refractivity contribution in [3.8, 4) is 11.4 Å². The van der Waals surface area contributed by atoms with Crippen molar-refractivity contribution in [3.05, 3.63) is 65.2 Å². The van der Waals surface area contributed by atoms with Crippen molar-refractivity contribution in [1.82, 2.24) is 30.0 Å². The Balaban J connectivity index is 1.41. The topological polar surface area (TPSA) is 67.2 Å². The monoisotopic (exact) mass is 404 g/mol. The summed E-state index contributed by atoms with van der Waals surface area (Å²) in [7, 11) is 0. The van der Waals surface area contributed by atoms with E-state index in [0.717, 1.165) is 38.3 Å². The maximum absolute atomic E-state index is 13.1. The van der Waals surface area contributed by atoms with Crippen LogP contribution < -0.4 is 0 Å². The summed E-state index contributed by atoms with van der Waals surface area (Å²) < 4.78 is 1.77. The Hall–Kier alpha value is -3.06. The Morgan fingerprint density at radius 1 is 1.03 bits per heavy atom. The van der Waals surface area contributed by atoms with Gasteiger partial charge in [0.25, 0.3) is 5.91 Å². The second kappa shape index (κ2) is 8.75. The van der Waals surface area contributed by atoms with Gasteiger partial charge in [0.1, 0.15) is 0 Å². The normalized spacial score (nSPS) is 15.0. The highest BCUT2D eigenvalue weighted by Gasteiger charge is 2.23. The van der Waals surface area contributed by atoms with E-state index in [2.05, 4.69) is 51.6 Å². The van der Waals surface area contributed by atoms with Gasteiger partial charge in [0, 0.05) is 43.9 Å². The zero-order chi connectivity index (χ0) is 21.1. The van der Waals surface area contributed by atoms with Gasteiger partial charge in [-0.15, -0.1) is 5.10 Å². The Morgan fingerprint density at radius 2 is 1.77 bits per heavy atom. The summed E-state index contributed by atoms with van der Waals surface area (Å²) >= 11 is 0. The zero-order valence-corrected chi connectivity index (χ0v) is 17.8. The van der Waals surface area contributed by atoms with Crippen LogP contribution in [-0.4, -0.2) is 62.1 Å². The predicted octanol–water partition coefficient (Wildman–Crippen LogP) is 3.19. The minimum Gasteiger partial charge on any atom is -0.336 e. The number of tetrazole rings is 1. The van der Waals surface area contributed by atoms with Crippen LogP contribution in [0.4, 0.5) is 0 Å². The molecule has 0 unspecified atom stereocenters. The number of amides is 1. The second-order valence-electron chi connectivity index (χ2n) is 8.18. The number of piperazine rings is 1. The molecule has 0 aliphatic carbocycles. The van der Waals surface area contributed by atoms with Crippen molar-refractivity contribution >= 4 is 5.91 Å². The summed E-state index contributed by atoms with van der Waals surface area (Å²) in [5.41, 5.74) is 4.13. The number of benzene rings is 2. The Labute approximate surface area is 177 Å². The van der Waals surface area contributed by atoms with Crippen LogP contribution in [0.25, 0.3) is 11.4 Å². The van der Waals surface area contributed by atoms with Crippen molar-refractivity contribution in [2.24, 2.45) is 0 Å². The minimum atomic E-state index is 0.0652. The first-order valence-electron chi connectivity index (χ1n) is 10.5. The molecule has 0 N–H and O–H groups in total. The molecule has 7 heteroatoms. The van der Waals surface area contributed by atoms with Crippen molar-refractivity contribution in [2.75, 3.05) is 26.2 Å².